The Morgan fingerprint density at radius 2 is 1.87 bits per heavy atom. The quantitative estimate of drug-likeness (QED) is 0.559. The summed E-state index contributed by atoms with van der Waals surface area (Å²) in [6, 6.07) is 0.393. The van der Waals surface area contributed by atoms with Crippen LogP contribution in [0.4, 0.5) is 0 Å². The van der Waals surface area contributed by atoms with Crippen LogP contribution in [0.25, 0.3) is 0 Å². The highest BCUT2D eigenvalue weighted by Crippen LogP contribution is 2.23. The number of carbonyl (C=O) groups is 1. The first-order chi connectivity index (χ1) is 7.22. The van der Waals surface area contributed by atoms with Crippen molar-refractivity contribution in [3.63, 3.8) is 0 Å². The van der Waals surface area contributed by atoms with Crippen LogP contribution in [0.1, 0.15) is 39.5 Å². The molecule has 2 nitrogen and oxygen atoms in total. The minimum absolute atomic E-state index is 0.0349. The van der Waals surface area contributed by atoms with Crippen LogP contribution in [0.3, 0.4) is 0 Å². The molecule has 0 radical (unpaired) electrons. The summed E-state index contributed by atoms with van der Waals surface area (Å²) < 4.78 is 0. The molecule has 0 saturated heterocycles. The predicted octanol–water partition coefficient (Wildman–Crippen LogP) is 2.81. The smallest absolute Gasteiger partial charge is 0.244 e. The molecule has 15 heavy (non-hydrogen) atoms. The molecule has 2 heteroatoms. The van der Waals surface area contributed by atoms with Gasteiger partial charge in [0.25, 0.3) is 0 Å². The molecule has 0 unspecified atom stereocenters. The molecule has 0 aromatic rings. The maximum atomic E-state index is 11.4. The van der Waals surface area contributed by atoms with Crippen molar-refractivity contribution >= 4 is 5.91 Å². The van der Waals surface area contributed by atoms with Crippen molar-refractivity contribution in [3.05, 3.63) is 24.3 Å². The summed E-state index contributed by atoms with van der Waals surface area (Å²) in [6.07, 6.45) is 11.9. The topological polar surface area (TPSA) is 29.1 Å². The molecule has 1 aliphatic rings. The van der Waals surface area contributed by atoms with E-state index in [2.05, 4.69) is 12.2 Å². The van der Waals surface area contributed by atoms with Gasteiger partial charge >= 0.3 is 0 Å². The summed E-state index contributed by atoms with van der Waals surface area (Å²) in [7, 11) is 0. The van der Waals surface area contributed by atoms with Crippen LogP contribution in [0.5, 0.6) is 0 Å². The van der Waals surface area contributed by atoms with Crippen LogP contribution < -0.4 is 5.32 Å². The third-order valence-corrected chi connectivity index (χ3v) is 2.91. The minimum Gasteiger partial charge on any atom is -0.350 e. The number of rotatable bonds is 3. The molecular weight excluding hydrogens is 186 g/mol. The van der Waals surface area contributed by atoms with E-state index in [4.69, 9.17) is 0 Å². The summed E-state index contributed by atoms with van der Waals surface area (Å²) in [4.78, 5) is 11.4. The van der Waals surface area contributed by atoms with E-state index < -0.39 is 0 Å². The van der Waals surface area contributed by atoms with Crippen molar-refractivity contribution in [2.24, 2.45) is 5.92 Å². The van der Waals surface area contributed by atoms with Crippen LogP contribution in [-0.2, 0) is 4.79 Å². The molecule has 0 heterocycles. The first-order valence-electron chi connectivity index (χ1n) is 5.82. The Morgan fingerprint density at radius 3 is 2.47 bits per heavy atom. The van der Waals surface area contributed by atoms with Gasteiger partial charge in [-0.15, -0.1) is 0 Å². The first kappa shape index (κ1) is 12.0. The summed E-state index contributed by atoms with van der Waals surface area (Å²) >= 11 is 0. The fourth-order valence-corrected chi connectivity index (χ4v) is 1.91. The lowest BCUT2D eigenvalue weighted by Crippen LogP contribution is -2.36. The van der Waals surface area contributed by atoms with Gasteiger partial charge < -0.3 is 5.32 Å². The molecule has 0 aromatic carbocycles. The van der Waals surface area contributed by atoms with E-state index in [9.17, 15) is 4.79 Å². The monoisotopic (exact) mass is 207 g/mol. The molecule has 1 fully saturated rings. The minimum atomic E-state index is 0.0349. The second-order valence-corrected chi connectivity index (χ2v) is 4.35. The van der Waals surface area contributed by atoms with Crippen molar-refractivity contribution in [3.8, 4) is 0 Å². The molecule has 0 bridgehead atoms. The molecule has 0 aliphatic heterocycles. The molecular formula is C13H21NO. The number of nitrogens with one attached hydrogen (secondary N) is 1. The van der Waals surface area contributed by atoms with Gasteiger partial charge in [0.2, 0.25) is 5.91 Å². The lowest BCUT2D eigenvalue weighted by Gasteiger charge is -2.26. The van der Waals surface area contributed by atoms with E-state index in [1.165, 1.54) is 12.8 Å². The fourth-order valence-electron chi connectivity index (χ4n) is 1.91. The summed E-state index contributed by atoms with van der Waals surface area (Å²) in [5, 5.41) is 3.04. The Labute approximate surface area is 92.4 Å². The van der Waals surface area contributed by atoms with Crippen LogP contribution in [0.2, 0.25) is 0 Å². The maximum absolute atomic E-state index is 11.4. The molecule has 1 rings (SSSR count). The van der Waals surface area contributed by atoms with E-state index in [1.54, 1.807) is 12.2 Å². The maximum Gasteiger partial charge on any atom is 0.244 e. The van der Waals surface area contributed by atoms with Gasteiger partial charge in [-0.3, -0.25) is 4.79 Å². The molecule has 1 aliphatic carbocycles. The lowest BCUT2D eigenvalue weighted by molar-refractivity contribution is -0.117. The second-order valence-electron chi connectivity index (χ2n) is 4.35. The van der Waals surface area contributed by atoms with Crippen LogP contribution in [-0.4, -0.2) is 11.9 Å². The average molecular weight is 207 g/mol. The van der Waals surface area contributed by atoms with Gasteiger partial charge in [0.1, 0.15) is 0 Å². The summed E-state index contributed by atoms with van der Waals surface area (Å²) in [6.45, 7) is 4.22. The number of hydrogen-bond acceptors (Lipinski definition) is 1. The van der Waals surface area contributed by atoms with Gasteiger partial charge in [-0.1, -0.05) is 25.2 Å². The zero-order valence-corrected chi connectivity index (χ0v) is 9.70. The molecule has 1 N–H and O–H groups in total. The lowest BCUT2D eigenvalue weighted by atomic mass is 9.87. The molecule has 0 spiro atoms. The Hall–Kier alpha value is -1.05. The highest BCUT2D eigenvalue weighted by molar-refractivity contribution is 5.87. The number of allylic oxidation sites excluding steroid dienone is 3. The largest absolute Gasteiger partial charge is 0.350 e. The Kier molecular flexibility index (Phi) is 5.16. The highest BCUT2D eigenvalue weighted by Gasteiger charge is 2.18. The number of carbonyl (C=O) groups excluding carboxylic acids is 1. The third-order valence-electron chi connectivity index (χ3n) is 2.91. The van der Waals surface area contributed by atoms with E-state index in [-0.39, 0.29) is 5.91 Å². The van der Waals surface area contributed by atoms with Crippen molar-refractivity contribution < 1.29 is 4.79 Å². The summed E-state index contributed by atoms with van der Waals surface area (Å²) in [5.41, 5.74) is 0. The molecule has 84 valence electrons. The first-order valence-corrected chi connectivity index (χ1v) is 5.82. The second kappa shape index (κ2) is 6.44. The van der Waals surface area contributed by atoms with Crippen molar-refractivity contribution in [1.29, 1.82) is 0 Å². The normalized spacial score (nSPS) is 27.3. The Bertz CT molecular complexity index is 247. The zero-order chi connectivity index (χ0) is 11.1. The predicted molar refractivity (Wildman–Crippen MR) is 63.5 cm³/mol. The SMILES string of the molecule is C/C=C/C=C/C(=O)NC1CCC(C)CC1. The molecule has 0 aromatic heterocycles. The van der Waals surface area contributed by atoms with Gasteiger partial charge in [0.05, 0.1) is 0 Å². The van der Waals surface area contributed by atoms with E-state index in [0.717, 1.165) is 18.8 Å². The van der Waals surface area contributed by atoms with E-state index >= 15 is 0 Å². The number of hydrogen-bond donors (Lipinski definition) is 1. The molecule has 1 amide bonds. The van der Waals surface area contributed by atoms with Crippen LogP contribution >= 0.6 is 0 Å². The van der Waals surface area contributed by atoms with Crippen molar-refractivity contribution in [1.82, 2.24) is 5.32 Å². The zero-order valence-electron chi connectivity index (χ0n) is 9.70. The van der Waals surface area contributed by atoms with Gasteiger partial charge in [-0.05, 0) is 38.5 Å². The standard InChI is InChI=1S/C13H21NO/c1-3-4-5-6-13(15)14-12-9-7-11(2)8-10-12/h3-6,11-12H,7-10H2,1-2H3,(H,14,15)/b4-3+,6-5+. The van der Waals surface area contributed by atoms with E-state index in [1.807, 2.05) is 19.1 Å². The van der Waals surface area contributed by atoms with Gasteiger partial charge in [0.15, 0.2) is 0 Å². The Balaban J connectivity index is 2.26. The van der Waals surface area contributed by atoms with E-state index in [0.29, 0.717) is 6.04 Å². The average Bonchev–Trinajstić information content (AvgIpc) is 2.22. The summed E-state index contributed by atoms with van der Waals surface area (Å²) in [5.74, 6) is 0.865. The molecule has 1 saturated carbocycles. The van der Waals surface area contributed by atoms with Crippen molar-refractivity contribution in [2.45, 2.75) is 45.6 Å². The third kappa shape index (κ3) is 4.82. The van der Waals surface area contributed by atoms with Crippen LogP contribution in [0.15, 0.2) is 24.3 Å². The van der Waals surface area contributed by atoms with Gasteiger partial charge in [0, 0.05) is 12.1 Å². The van der Waals surface area contributed by atoms with Gasteiger partial charge in [-0.25, -0.2) is 0 Å². The Morgan fingerprint density at radius 1 is 1.20 bits per heavy atom. The highest BCUT2D eigenvalue weighted by atomic mass is 16.1. The number of amides is 1. The molecule has 0 atom stereocenters. The van der Waals surface area contributed by atoms with Gasteiger partial charge in [-0.2, -0.15) is 0 Å². The fraction of sp³-hybridized carbons (Fsp3) is 0.615. The van der Waals surface area contributed by atoms with Crippen molar-refractivity contribution in [2.75, 3.05) is 0 Å². The van der Waals surface area contributed by atoms with Crippen LogP contribution in [0, 0.1) is 5.92 Å².